The Morgan fingerprint density at radius 1 is 1.44 bits per heavy atom. The highest BCUT2D eigenvalue weighted by molar-refractivity contribution is 5.97. The van der Waals surface area contributed by atoms with Crippen LogP contribution in [0.4, 0.5) is 0 Å². The molecular weight excluding hydrogens is 242 g/mol. The summed E-state index contributed by atoms with van der Waals surface area (Å²) in [5.41, 5.74) is -1.25. The van der Waals surface area contributed by atoms with E-state index in [1.54, 1.807) is 13.8 Å². The first-order valence-electron chi connectivity index (χ1n) is 5.16. The third-order valence-corrected chi connectivity index (χ3v) is 2.16. The van der Waals surface area contributed by atoms with Gasteiger partial charge >= 0.3 is 5.97 Å². The summed E-state index contributed by atoms with van der Waals surface area (Å²) in [6.45, 7) is 2.80. The minimum Gasteiger partial charge on any atom is -0.505 e. The zero-order chi connectivity index (χ0) is 13.9. The van der Waals surface area contributed by atoms with Gasteiger partial charge in [-0.15, -0.1) is 0 Å². The maximum Gasteiger partial charge on any atom is 0.322 e. The van der Waals surface area contributed by atoms with E-state index in [0.717, 1.165) is 0 Å². The number of hydrogen-bond donors (Lipinski definition) is 4. The molecule has 1 aromatic rings. The van der Waals surface area contributed by atoms with E-state index in [0.29, 0.717) is 0 Å². The number of carbonyl (C=O) groups is 2. The Morgan fingerprint density at radius 3 is 2.56 bits per heavy atom. The molecule has 1 aromatic heterocycles. The summed E-state index contributed by atoms with van der Waals surface area (Å²) in [6.07, 6.45) is 0. The number of hydrogen-bond acceptors (Lipinski definition) is 5. The molecule has 98 valence electrons. The lowest BCUT2D eigenvalue weighted by atomic mass is 10.1. The molecule has 0 unspecified atom stereocenters. The molecule has 0 radical (unpaired) electrons. The number of carboxylic acids is 1. The van der Waals surface area contributed by atoms with E-state index in [-0.39, 0.29) is 11.6 Å². The van der Waals surface area contributed by atoms with Crippen molar-refractivity contribution < 1.29 is 19.8 Å². The van der Waals surface area contributed by atoms with E-state index in [1.165, 1.54) is 0 Å². The quantitative estimate of drug-likeness (QED) is 0.568. The average Bonchev–Trinajstić information content (AvgIpc) is 2.25. The van der Waals surface area contributed by atoms with Crippen LogP contribution in [0.3, 0.4) is 0 Å². The second kappa shape index (κ2) is 5.30. The topological polar surface area (TPSA) is 132 Å². The molecular formula is C10H13N3O5. The van der Waals surface area contributed by atoms with Crippen molar-refractivity contribution in [1.82, 2.24) is 15.5 Å². The van der Waals surface area contributed by atoms with Crippen LogP contribution in [0.5, 0.6) is 5.75 Å². The van der Waals surface area contributed by atoms with Gasteiger partial charge in [0.15, 0.2) is 5.75 Å². The Kier molecular flexibility index (Phi) is 4.03. The van der Waals surface area contributed by atoms with Crippen LogP contribution in [0, 0.1) is 0 Å². The van der Waals surface area contributed by atoms with E-state index in [2.05, 4.69) is 10.2 Å². The van der Waals surface area contributed by atoms with Crippen molar-refractivity contribution in [2.24, 2.45) is 0 Å². The molecule has 1 amide bonds. The van der Waals surface area contributed by atoms with Gasteiger partial charge in [0.05, 0.1) is 0 Å². The van der Waals surface area contributed by atoms with Gasteiger partial charge in [-0.05, 0) is 0 Å². The van der Waals surface area contributed by atoms with Crippen molar-refractivity contribution >= 4 is 11.9 Å². The standard InChI is InChI=1S/C10H13N3O5/c1-4(2)7-8(16)6(10(18)13-12-7)9(17)11-3-5(14)15/h4H,3H2,1-2H3,(H,11,17)(H,14,15)(H2,13,16,18). The number of H-pyrrole nitrogens is 1. The fourth-order valence-corrected chi connectivity index (χ4v) is 1.31. The van der Waals surface area contributed by atoms with Gasteiger partial charge in [0, 0.05) is 5.92 Å². The van der Waals surface area contributed by atoms with E-state index < -0.39 is 35.3 Å². The molecule has 0 saturated carbocycles. The minimum absolute atomic E-state index is 0.162. The van der Waals surface area contributed by atoms with Crippen LogP contribution in [-0.2, 0) is 4.79 Å². The van der Waals surface area contributed by atoms with Gasteiger partial charge < -0.3 is 15.5 Å². The van der Waals surface area contributed by atoms with Gasteiger partial charge in [0.1, 0.15) is 17.8 Å². The Balaban J connectivity index is 3.15. The smallest absolute Gasteiger partial charge is 0.322 e. The van der Waals surface area contributed by atoms with Crippen LogP contribution >= 0.6 is 0 Å². The maximum absolute atomic E-state index is 11.6. The molecule has 0 saturated heterocycles. The molecule has 1 heterocycles. The lowest BCUT2D eigenvalue weighted by Crippen LogP contribution is -2.34. The first kappa shape index (κ1) is 13.7. The molecule has 0 aliphatic heterocycles. The summed E-state index contributed by atoms with van der Waals surface area (Å²) in [7, 11) is 0. The number of carboxylic acid groups (broad SMARTS) is 1. The molecule has 0 spiro atoms. The molecule has 4 N–H and O–H groups in total. The number of aromatic amines is 1. The van der Waals surface area contributed by atoms with Crippen LogP contribution in [0.2, 0.25) is 0 Å². The number of aromatic hydroxyl groups is 1. The molecule has 0 aromatic carbocycles. The summed E-state index contributed by atoms with van der Waals surface area (Å²) in [5.74, 6) is -2.94. The maximum atomic E-state index is 11.6. The highest BCUT2D eigenvalue weighted by Gasteiger charge is 2.21. The van der Waals surface area contributed by atoms with E-state index in [4.69, 9.17) is 5.11 Å². The van der Waals surface area contributed by atoms with Gasteiger partial charge in [-0.1, -0.05) is 13.8 Å². The van der Waals surface area contributed by atoms with Crippen LogP contribution in [0.15, 0.2) is 4.79 Å². The van der Waals surface area contributed by atoms with Gasteiger partial charge in [0.25, 0.3) is 11.5 Å². The molecule has 0 fully saturated rings. The number of nitrogens with zero attached hydrogens (tertiary/aromatic N) is 1. The van der Waals surface area contributed by atoms with Crippen molar-refractivity contribution in [2.75, 3.05) is 6.54 Å². The molecule has 0 bridgehead atoms. The molecule has 8 heteroatoms. The fraction of sp³-hybridized carbons (Fsp3) is 0.400. The SMILES string of the molecule is CC(C)c1n[nH]c(=O)c(C(=O)NCC(=O)O)c1O. The Labute approximate surface area is 102 Å². The summed E-state index contributed by atoms with van der Waals surface area (Å²) in [5, 5.41) is 25.9. The Bertz CT molecular complexity index is 535. The largest absolute Gasteiger partial charge is 0.505 e. The van der Waals surface area contributed by atoms with E-state index >= 15 is 0 Å². The third kappa shape index (κ3) is 2.84. The van der Waals surface area contributed by atoms with Crippen molar-refractivity contribution in [2.45, 2.75) is 19.8 Å². The number of aromatic nitrogens is 2. The van der Waals surface area contributed by atoms with Crippen molar-refractivity contribution in [3.8, 4) is 5.75 Å². The number of aliphatic carboxylic acids is 1. The number of nitrogens with one attached hydrogen (secondary N) is 2. The Morgan fingerprint density at radius 2 is 2.06 bits per heavy atom. The highest BCUT2D eigenvalue weighted by atomic mass is 16.4. The number of rotatable bonds is 4. The van der Waals surface area contributed by atoms with E-state index in [1.807, 2.05) is 5.32 Å². The normalized spacial score (nSPS) is 10.4. The second-order valence-electron chi connectivity index (χ2n) is 3.89. The van der Waals surface area contributed by atoms with Crippen LogP contribution in [-0.4, -0.2) is 38.8 Å². The molecule has 0 aliphatic carbocycles. The van der Waals surface area contributed by atoms with Crippen molar-refractivity contribution in [1.29, 1.82) is 0 Å². The van der Waals surface area contributed by atoms with Gasteiger partial charge in [-0.3, -0.25) is 14.4 Å². The first-order valence-corrected chi connectivity index (χ1v) is 5.16. The van der Waals surface area contributed by atoms with Crippen LogP contribution in [0.1, 0.15) is 35.8 Å². The molecule has 1 rings (SSSR count). The van der Waals surface area contributed by atoms with Gasteiger partial charge in [0.2, 0.25) is 0 Å². The van der Waals surface area contributed by atoms with Crippen LogP contribution < -0.4 is 10.9 Å². The van der Waals surface area contributed by atoms with Crippen molar-refractivity contribution in [3.63, 3.8) is 0 Å². The second-order valence-corrected chi connectivity index (χ2v) is 3.89. The minimum atomic E-state index is -1.25. The lowest BCUT2D eigenvalue weighted by molar-refractivity contribution is -0.135. The van der Waals surface area contributed by atoms with Gasteiger partial charge in [-0.25, -0.2) is 5.10 Å². The number of carbonyl (C=O) groups excluding carboxylic acids is 1. The van der Waals surface area contributed by atoms with Crippen molar-refractivity contribution in [3.05, 3.63) is 21.6 Å². The molecule has 0 atom stereocenters. The summed E-state index contributed by atoms with van der Waals surface area (Å²) in [6, 6.07) is 0. The predicted octanol–water partition coefficient (Wildman–Crippen LogP) is -0.587. The zero-order valence-electron chi connectivity index (χ0n) is 9.85. The third-order valence-electron chi connectivity index (χ3n) is 2.16. The van der Waals surface area contributed by atoms with Crippen LogP contribution in [0.25, 0.3) is 0 Å². The Hall–Kier alpha value is -2.38. The van der Waals surface area contributed by atoms with Gasteiger partial charge in [-0.2, -0.15) is 5.10 Å². The first-order chi connectivity index (χ1) is 8.34. The summed E-state index contributed by atoms with van der Waals surface area (Å²) in [4.78, 5) is 33.3. The number of amides is 1. The molecule has 0 aliphatic rings. The zero-order valence-corrected chi connectivity index (χ0v) is 9.85. The average molecular weight is 255 g/mol. The summed E-state index contributed by atoms with van der Waals surface area (Å²) >= 11 is 0. The van der Waals surface area contributed by atoms with E-state index in [9.17, 15) is 19.5 Å². The monoisotopic (exact) mass is 255 g/mol. The highest BCUT2D eigenvalue weighted by Crippen LogP contribution is 2.23. The molecule has 18 heavy (non-hydrogen) atoms. The summed E-state index contributed by atoms with van der Waals surface area (Å²) < 4.78 is 0. The predicted molar refractivity (Wildman–Crippen MR) is 60.6 cm³/mol. The lowest BCUT2D eigenvalue weighted by Gasteiger charge is -2.09. The molecule has 8 nitrogen and oxygen atoms in total. The fourth-order valence-electron chi connectivity index (χ4n) is 1.31.